The zero-order valence-electron chi connectivity index (χ0n) is 15.5. The number of nitrogens with zero attached hydrogens (tertiary/aromatic N) is 2. The van der Waals surface area contributed by atoms with Gasteiger partial charge in [0.1, 0.15) is 11.6 Å². The molecule has 0 fully saturated rings. The average molecular weight is 437 g/mol. The molecule has 7 nitrogen and oxygen atoms in total. The van der Waals surface area contributed by atoms with E-state index in [2.05, 4.69) is 9.97 Å². The van der Waals surface area contributed by atoms with E-state index in [-0.39, 0.29) is 23.3 Å². The number of anilines is 1. The molecule has 2 heterocycles. The van der Waals surface area contributed by atoms with Crippen LogP contribution in [0.25, 0.3) is 22.2 Å². The number of aryl methyl sites for hydroxylation is 1. The monoisotopic (exact) mass is 436 g/mol. The Hall–Kier alpha value is -3.04. The van der Waals surface area contributed by atoms with Crippen LogP contribution in [0.3, 0.4) is 0 Å². The molecule has 0 aliphatic heterocycles. The van der Waals surface area contributed by atoms with E-state index >= 15 is 0 Å². The fraction of sp³-hybridized carbons (Fsp3) is 0.105. The van der Waals surface area contributed by atoms with Crippen LogP contribution in [0, 0.1) is 12.7 Å². The summed E-state index contributed by atoms with van der Waals surface area (Å²) in [6.07, 6.45) is 1.47. The molecule has 152 valence electrons. The van der Waals surface area contributed by atoms with Crippen molar-refractivity contribution in [1.29, 1.82) is 0 Å². The second-order valence-electron chi connectivity index (χ2n) is 6.28. The number of nitrogens with two attached hydrogens (primary N) is 1. The number of fused-ring (bicyclic) bond motifs is 1. The van der Waals surface area contributed by atoms with Gasteiger partial charge < -0.3 is 15.5 Å². The zero-order valence-corrected chi connectivity index (χ0v) is 17.1. The van der Waals surface area contributed by atoms with Gasteiger partial charge >= 0.3 is 0 Å². The van der Waals surface area contributed by atoms with Crippen molar-refractivity contribution < 1.29 is 17.5 Å². The second-order valence-corrected chi connectivity index (χ2v) is 8.09. The molecule has 0 bridgehead atoms. The molecule has 0 saturated carbocycles. The van der Waals surface area contributed by atoms with Gasteiger partial charge in [0.05, 0.1) is 23.2 Å². The smallest absolute Gasteiger partial charge is 0.268 e. The molecule has 0 amide bonds. The lowest BCUT2D eigenvalue weighted by atomic mass is 10.1. The molecule has 0 aliphatic rings. The van der Waals surface area contributed by atoms with Crippen LogP contribution >= 0.6 is 12.4 Å². The third kappa shape index (κ3) is 3.43. The van der Waals surface area contributed by atoms with E-state index in [1.165, 1.54) is 31.5 Å². The Labute approximate surface area is 172 Å². The van der Waals surface area contributed by atoms with Crippen molar-refractivity contribution in [3.8, 4) is 17.0 Å². The third-order valence-corrected chi connectivity index (χ3v) is 6.16. The number of nitrogens with one attached hydrogen (secondary N) is 1. The van der Waals surface area contributed by atoms with E-state index in [1.54, 1.807) is 25.1 Å². The average Bonchev–Trinajstić information content (AvgIpc) is 3.20. The molecule has 0 unspecified atom stereocenters. The first-order chi connectivity index (χ1) is 13.3. The van der Waals surface area contributed by atoms with Crippen LogP contribution in [0.5, 0.6) is 5.75 Å². The summed E-state index contributed by atoms with van der Waals surface area (Å²) >= 11 is 0. The Morgan fingerprint density at radius 1 is 1.21 bits per heavy atom. The van der Waals surface area contributed by atoms with Crippen molar-refractivity contribution in [3.63, 3.8) is 0 Å². The minimum Gasteiger partial charge on any atom is -0.497 e. The number of hydrogen-bond donors (Lipinski definition) is 2. The number of ether oxygens (including phenoxy) is 1. The van der Waals surface area contributed by atoms with Crippen LogP contribution in [0.4, 0.5) is 10.3 Å². The highest BCUT2D eigenvalue weighted by atomic mass is 35.5. The fourth-order valence-electron chi connectivity index (χ4n) is 3.18. The Balaban J connectivity index is 0.00000240. The van der Waals surface area contributed by atoms with Gasteiger partial charge in [-0.15, -0.1) is 12.4 Å². The Kier molecular flexibility index (Phi) is 5.29. The first kappa shape index (κ1) is 20.7. The number of aromatic nitrogens is 3. The van der Waals surface area contributed by atoms with Gasteiger partial charge in [0.25, 0.3) is 10.0 Å². The maximum absolute atomic E-state index is 13.6. The van der Waals surface area contributed by atoms with Gasteiger partial charge in [0.2, 0.25) is 0 Å². The number of hydrogen-bond acceptors (Lipinski definition) is 5. The van der Waals surface area contributed by atoms with E-state index < -0.39 is 15.8 Å². The lowest BCUT2D eigenvalue weighted by Gasteiger charge is -2.08. The van der Waals surface area contributed by atoms with Crippen molar-refractivity contribution >= 4 is 39.3 Å². The quantitative estimate of drug-likeness (QED) is 0.507. The summed E-state index contributed by atoms with van der Waals surface area (Å²) in [7, 11) is -2.51. The van der Waals surface area contributed by atoms with Crippen molar-refractivity contribution in [2.45, 2.75) is 11.8 Å². The number of nitrogen functional groups attached to an aromatic ring is 1. The molecule has 29 heavy (non-hydrogen) atoms. The molecule has 0 atom stereocenters. The first-order valence-electron chi connectivity index (χ1n) is 8.34. The molecule has 0 radical (unpaired) electrons. The molecule has 3 N–H and O–H groups in total. The van der Waals surface area contributed by atoms with E-state index in [1.807, 2.05) is 0 Å². The summed E-state index contributed by atoms with van der Waals surface area (Å²) in [6, 6.07) is 9.92. The molecule has 2 aromatic heterocycles. The fourth-order valence-corrected chi connectivity index (χ4v) is 4.58. The van der Waals surface area contributed by atoms with Crippen molar-refractivity contribution in [2.24, 2.45) is 0 Å². The minimum atomic E-state index is -4.03. The molecule has 0 saturated heterocycles. The van der Waals surface area contributed by atoms with Crippen LogP contribution in [0.2, 0.25) is 0 Å². The molecule has 4 aromatic rings. The molecule has 10 heteroatoms. The standard InChI is InChI=1S/C19H17FN4O3S.ClH/c1-11-18(23-19(21)22-11)16-10-24(17-7-6-13(27-2)9-15(16)17)28(25,26)14-5-3-4-12(20)8-14;/h3-10H,1-2H3,(H3,21,22,23);1H. The topological polar surface area (TPSA) is 103 Å². The second kappa shape index (κ2) is 7.41. The molecule has 2 aromatic carbocycles. The highest BCUT2D eigenvalue weighted by Crippen LogP contribution is 2.36. The van der Waals surface area contributed by atoms with Gasteiger partial charge in [0.15, 0.2) is 5.95 Å². The van der Waals surface area contributed by atoms with Crippen LogP contribution in [-0.4, -0.2) is 29.5 Å². The van der Waals surface area contributed by atoms with E-state index in [0.717, 1.165) is 10.0 Å². The number of imidazole rings is 1. The molecule has 4 rings (SSSR count). The van der Waals surface area contributed by atoms with Crippen molar-refractivity contribution in [2.75, 3.05) is 12.8 Å². The van der Waals surface area contributed by atoms with Gasteiger partial charge in [-0.2, -0.15) is 0 Å². The summed E-state index contributed by atoms with van der Waals surface area (Å²) in [5.41, 5.74) is 7.97. The summed E-state index contributed by atoms with van der Waals surface area (Å²) in [6.45, 7) is 1.79. The number of methoxy groups -OCH3 is 1. The van der Waals surface area contributed by atoms with Crippen LogP contribution in [-0.2, 0) is 10.0 Å². The minimum absolute atomic E-state index is 0. The van der Waals surface area contributed by atoms with Gasteiger partial charge in [-0.1, -0.05) is 6.07 Å². The van der Waals surface area contributed by atoms with Gasteiger partial charge in [-0.05, 0) is 43.3 Å². The lowest BCUT2D eigenvalue weighted by molar-refractivity contribution is 0.415. The number of rotatable bonds is 4. The highest BCUT2D eigenvalue weighted by molar-refractivity contribution is 7.90. The molecule has 0 spiro atoms. The predicted molar refractivity (Wildman–Crippen MR) is 111 cm³/mol. The Morgan fingerprint density at radius 3 is 2.59 bits per heavy atom. The van der Waals surface area contributed by atoms with Gasteiger partial charge in [-0.3, -0.25) is 0 Å². The molecular formula is C19H18ClFN4O3S. The van der Waals surface area contributed by atoms with Gasteiger partial charge in [-0.25, -0.2) is 21.8 Å². The third-order valence-electron chi connectivity index (χ3n) is 4.49. The number of H-pyrrole nitrogens is 1. The largest absolute Gasteiger partial charge is 0.497 e. The van der Waals surface area contributed by atoms with E-state index in [4.69, 9.17) is 10.5 Å². The maximum atomic E-state index is 13.6. The number of benzene rings is 2. The first-order valence-corrected chi connectivity index (χ1v) is 9.78. The van der Waals surface area contributed by atoms with Crippen molar-refractivity contribution in [1.82, 2.24) is 13.9 Å². The van der Waals surface area contributed by atoms with E-state index in [9.17, 15) is 12.8 Å². The SMILES string of the molecule is COc1ccc2c(c1)c(-c1nc(N)[nH]c1C)cn2S(=O)(=O)c1cccc(F)c1.Cl. The van der Waals surface area contributed by atoms with Crippen LogP contribution in [0.15, 0.2) is 53.6 Å². The summed E-state index contributed by atoms with van der Waals surface area (Å²) < 4.78 is 46.4. The predicted octanol–water partition coefficient (Wildman–Crippen LogP) is 3.73. The van der Waals surface area contributed by atoms with Crippen LogP contribution in [0.1, 0.15) is 5.69 Å². The summed E-state index contributed by atoms with van der Waals surface area (Å²) in [5.74, 6) is 0.162. The summed E-state index contributed by atoms with van der Waals surface area (Å²) in [4.78, 5) is 7.05. The maximum Gasteiger partial charge on any atom is 0.268 e. The van der Waals surface area contributed by atoms with Crippen LogP contribution < -0.4 is 10.5 Å². The zero-order chi connectivity index (χ0) is 20.1. The lowest BCUT2D eigenvalue weighted by Crippen LogP contribution is -2.12. The van der Waals surface area contributed by atoms with Gasteiger partial charge in [0, 0.05) is 22.8 Å². The Bertz CT molecular complexity index is 1310. The van der Waals surface area contributed by atoms with Crippen molar-refractivity contribution in [3.05, 3.63) is 60.2 Å². The highest BCUT2D eigenvalue weighted by Gasteiger charge is 2.24. The Morgan fingerprint density at radius 2 is 1.97 bits per heavy atom. The number of halogens is 2. The molecule has 0 aliphatic carbocycles. The summed E-state index contributed by atoms with van der Waals surface area (Å²) in [5, 5.41) is 0.619. The van der Waals surface area contributed by atoms with E-state index in [0.29, 0.717) is 33.6 Å². The normalized spacial score (nSPS) is 11.4. The molecular weight excluding hydrogens is 419 g/mol. The number of aromatic amines is 1.